The zero-order chi connectivity index (χ0) is 11.1. The van der Waals surface area contributed by atoms with Gasteiger partial charge >= 0.3 is 6.16 Å². The second-order valence-corrected chi connectivity index (χ2v) is 3.52. The molecule has 0 spiro atoms. The van der Waals surface area contributed by atoms with Crippen LogP contribution in [0.1, 0.15) is 13.8 Å². The second-order valence-electron chi connectivity index (χ2n) is 3.52. The van der Waals surface area contributed by atoms with Gasteiger partial charge < -0.3 is 14.2 Å². The summed E-state index contributed by atoms with van der Waals surface area (Å²) in [5.74, 6) is 0. The average molecular weight is 217 g/mol. The molecule has 1 unspecified atom stereocenters. The van der Waals surface area contributed by atoms with E-state index in [-0.39, 0.29) is 6.10 Å². The monoisotopic (exact) mass is 217 g/mol. The minimum Gasteiger partial charge on any atom is -0.435 e. The summed E-state index contributed by atoms with van der Waals surface area (Å²) in [4.78, 5) is 13.2. The topological polar surface area (TPSA) is 48.0 Å². The summed E-state index contributed by atoms with van der Waals surface area (Å²) in [5.41, 5.74) is 0. The van der Waals surface area contributed by atoms with Crippen LogP contribution in [0.2, 0.25) is 0 Å². The van der Waals surface area contributed by atoms with Gasteiger partial charge in [-0.25, -0.2) is 4.79 Å². The number of morpholine rings is 1. The number of hydrogen-bond donors (Lipinski definition) is 0. The quantitative estimate of drug-likeness (QED) is 0.654. The molecule has 1 atom stereocenters. The highest BCUT2D eigenvalue weighted by Gasteiger charge is 2.16. The SMILES string of the molecule is CCOC(=O)OC(C)CN1CCOCC1. The van der Waals surface area contributed by atoms with Gasteiger partial charge in [0.25, 0.3) is 0 Å². The minimum atomic E-state index is -0.585. The Kier molecular flexibility index (Phi) is 5.42. The van der Waals surface area contributed by atoms with E-state index < -0.39 is 6.16 Å². The molecule has 0 aromatic rings. The van der Waals surface area contributed by atoms with Crippen LogP contribution in [-0.4, -0.2) is 56.6 Å². The number of hydrogen-bond acceptors (Lipinski definition) is 5. The van der Waals surface area contributed by atoms with E-state index in [0.29, 0.717) is 6.61 Å². The molecule has 0 amide bonds. The fourth-order valence-electron chi connectivity index (χ4n) is 1.50. The Hall–Kier alpha value is -0.810. The van der Waals surface area contributed by atoms with Crippen LogP contribution in [0, 0.1) is 0 Å². The lowest BCUT2D eigenvalue weighted by atomic mass is 10.3. The van der Waals surface area contributed by atoms with Crippen LogP contribution in [0.3, 0.4) is 0 Å². The van der Waals surface area contributed by atoms with E-state index in [1.165, 1.54) is 0 Å². The van der Waals surface area contributed by atoms with Gasteiger partial charge in [0.2, 0.25) is 0 Å². The predicted octanol–water partition coefficient (Wildman–Crippen LogP) is 0.880. The van der Waals surface area contributed by atoms with E-state index in [9.17, 15) is 4.79 Å². The van der Waals surface area contributed by atoms with Crippen LogP contribution >= 0.6 is 0 Å². The predicted molar refractivity (Wildman–Crippen MR) is 54.8 cm³/mol. The van der Waals surface area contributed by atoms with Crippen molar-refractivity contribution in [3.05, 3.63) is 0 Å². The van der Waals surface area contributed by atoms with E-state index in [2.05, 4.69) is 4.90 Å². The van der Waals surface area contributed by atoms with Crippen molar-refractivity contribution in [2.45, 2.75) is 20.0 Å². The Labute approximate surface area is 90.3 Å². The van der Waals surface area contributed by atoms with Crippen molar-refractivity contribution in [3.63, 3.8) is 0 Å². The van der Waals surface area contributed by atoms with Crippen LogP contribution < -0.4 is 0 Å². The third-order valence-corrected chi connectivity index (χ3v) is 2.18. The smallest absolute Gasteiger partial charge is 0.435 e. The van der Waals surface area contributed by atoms with Gasteiger partial charge in [-0.3, -0.25) is 4.90 Å². The molecule has 15 heavy (non-hydrogen) atoms. The van der Waals surface area contributed by atoms with Crippen LogP contribution in [0.4, 0.5) is 4.79 Å². The number of ether oxygens (including phenoxy) is 3. The first-order valence-corrected chi connectivity index (χ1v) is 5.36. The molecule has 0 aromatic heterocycles. The van der Waals surface area contributed by atoms with E-state index in [1.807, 2.05) is 6.92 Å². The molecule has 1 fully saturated rings. The first-order chi connectivity index (χ1) is 7.22. The maximum absolute atomic E-state index is 11.0. The first kappa shape index (κ1) is 12.3. The molecule has 0 saturated carbocycles. The summed E-state index contributed by atoms with van der Waals surface area (Å²) in [5, 5.41) is 0. The molecule has 0 aliphatic carbocycles. The lowest BCUT2D eigenvalue weighted by Gasteiger charge is -2.28. The molecule has 1 heterocycles. The molecule has 88 valence electrons. The molecule has 1 rings (SSSR count). The van der Waals surface area contributed by atoms with Gasteiger partial charge in [-0.2, -0.15) is 0 Å². The van der Waals surface area contributed by atoms with Crippen LogP contribution in [0.25, 0.3) is 0 Å². The molecule has 1 aliphatic rings. The zero-order valence-electron chi connectivity index (χ0n) is 9.40. The summed E-state index contributed by atoms with van der Waals surface area (Å²) in [6.07, 6.45) is -0.722. The van der Waals surface area contributed by atoms with Crippen LogP contribution in [-0.2, 0) is 14.2 Å². The van der Waals surface area contributed by atoms with E-state index in [0.717, 1.165) is 32.8 Å². The van der Waals surface area contributed by atoms with E-state index in [4.69, 9.17) is 14.2 Å². The van der Waals surface area contributed by atoms with Gasteiger partial charge in [0.15, 0.2) is 0 Å². The Balaban J connectivity index is 2.16. The molecular weight excluding hydrogens is 198 g/mol. The highest BCUT2D eigenvalue weighted by molar-refractivity contribution is 5.59. The fourth-order valence-corrected chi connectivity index (χ4v) is 1.50. The molecule has 1 saturated heterocycles. The van der Waals surface area contributed by atoms with Crippen molar-refractivity contribution >= 4 is 6.16 Å². The standard InChI is InChI=1S/C10H19NO4/c1-3-14-10(12)15-9(2)8-11-4-6-13-7-5-11/h9H,3-8H2,1-2H3. The molecule has 0 radical (unpaired) electrons. The molecule has 1 aliphatic heterocycles. The number of nitrogens with zero attached hydrogens (tertiary/aromatic N) is 1. The summed E-state index contributed by atoms with van der Waals surface area (Å²) in [7, 11) is 0. The molecule has 5 nitrogen and oxygen atoms in total. The number of carbonyl (C=O) groups is 1. The number of rotatable bonds is 4. The highest BCUT2D eigenvalue weighted by atomic mass is 16.7. The van der Waals surface area contributed by atoms with Gasteiger partial charge in [-0.1, -0.05) is 0 Å². The maximum atomic E-state index is 11.0. The first-order valence-electron chi connectivity index (χ1n) is 5.36. The lowest BCUT2D eigenvalue weighted by molar-refractivity contribution is -0.00612. The van der Waals surface area contributed by atoms with Crippen molar-refractivity contribution < 1.29 is 19.0 Å². The third-order valence-electron chi connectivity index (χ3n) is 2.18. The largest absolute Gasteiger partial charge is 0.508 e. The molecule has 0 N–H and O–H groups in total. The Morgan fingerprint density at radius 1 is 1.47 bits per heavy atom. The lowest BCUT2D eigenvalue weighted by Crippen LogP contribution is -2.41. The Bertz CT molecular complexity index is 192. The highest BCUT2D eigenvalue weighted by Crippen LogP contribution is 2.02. The van der Waals surface area contributed by atoms with Gasteiger partial charge in [0.05, 0.1) is 19.8 Å². The molecule has 5 heteroatoms. The third kappa shape index (κ3) is 4.99. The normalized spacial score (nSPS) is 19.6. The van der Waals surface area contributed by atoms with Crippen molar-refractivity contribution in [3.8, 4) is 0 Å². The summed E-state index contributed by atoms with van der Waals surface area (Å²) >= 11 is 0. The van der Waals surface area contributed by atoms with Crippen molar-refractivity contribution in [1.82, 2.24) is 4.90 Å². The zero-order valence-corrected chi connectivity index (χ0v) is 9.40. The second kappa shape index (κ2) is 6.63. The van der Waals surface area contributed by atoms with Gasteiger partial charge in [-0.05, 0) is 13.8 Å². The van der Waals surface area contributed by atoms with Crippen molar-refractivity contribution in [2.75, 3.05) is 39.5 Å². The number of carbonyl (C=O) groups excluding carboxylic acids is 1. The van der Waals surface area contributed by atoms with Crippen LogP contribution in [0.15, 0.2) is 0 Å². The van der Waals surface area contributed by atoms with E-state index >= 15 is 0 Å². The fraction of sp³-hybridized carbons (Fsp3) is 0.900. The minimum absolute atomic E-state index is 0.137. The van der Waals surface area contributed by atoms with Gasteiger partial charge in [0.1, 0.15) is 6.10 Å². The Morgan fingerprint density at radius 2 is 2.13 bits per heavy atom. The summed E-state index contributed by atoms with van der Waals surface area (Å²) < 4.78 is 15.0. The average Bonchev–Trinajstić information content (AvgIpc) is 2.19. The van der Waals surface area contributed by atoms with E-state index in [1.54, 1.807) is 6.92 Å². The van der Waals surface area contributed by atoms with Crippen molar-refractivity contribution in [1.29, 1.82) is 0 Å². The van der Waals surface area contributed by atoms with Crippen LogP contribution in [0.5, 0.6) is 0 Å². The van der Waals surface area contributed by atoms with Crippen molar-refractivity contribution in [2.24, 2.45) is 0 Å². The maximum Gasteiger partial charge on any atom is 0.508 e. The molecule has 0 bridgehead atoms. The summed E-state index contributed by atoms with van der Waals surface area (Å²) in [6.45, 7) is 8.02. The summed E-state index contributed by atoms with van der Waals surface area (Å²) in [6, 6.07) is 0. The van der Waals surface area contributed by atoms with Gasteiger partial charge in [-0.15, -0.1) is 0 Å². The Morgan fingerprint density at radius 3 is 2.73 bits per heavy atom. The molecular formula is C10H19NO4. The van der Waals surface area contributed by atoms with Gasteiger partial charge in [0, 0.05) is 19.6 Å². The molecule has 0 aromatic carbocycles.